The van der Waals surface area contributed by atoms with E-state index in [1.165, 1.54) is 0 Å². The summed E-state index contributed by atoms with van der Waals surface area (Å²) in [4.78, 5) is 11.6. The van der Waals surface area contributed by atoms with E-state index in [-0.39, 0.29) is 5.78 Å². The molecule has 0 saturated heterocycles. The first-order chi connectivity index (χ1) is 7.63. The number of ketones is 1. The monoisotopic (exact) mass is 300 g/mol. The zero-order valence-electron chi connectivity index (χ0n) is 9.17. The van der Waals surface area contributed by atoms with Crippen LogP contribution >= 0.6 is 27.5 Å². The molecular weight excluding hydrogens is 287 g/mol. The smallest absolute Gasteiger partial charge is 0.174 e. The largest absolute Gasteiger partial charge is 0.293 e. The lowest BCUT2D eigenvalue weighted by molar-refractivity contribution is -0.115. The first kappa shape index (κ1) is 13.5. The topological polar surface area (TPSA) is 17.1 Å². The molecule has 86 valence electrons. The first-order valence-electron chi connectivity index (χ1n) is 5.29. The molecule has 1 aromatic rings. The van der Waals surface area contributed by atoms with Crippen LogP contribution in [-0.4, -0.2) is 5.78 Å². The Morgan fingerprint density at radius 3 is 2.56 bits per heavy atom. The molecule has 0 bridgehead atoms. The molecule has 0 fully saturated rings. The van der Waals surface area contributed by atoms with E-state index >= 15 is 0 Å². The van der Waals surface area contributed by atoms with Gasteiger partial charge in [0, 0.05) is 10.9 Å². The van der Waals surface area contributed by atoms with Crippen molar-refractivity contribution in [2.45, 2.75) is 26.2 Å². The van der Waals surface area contributed by atoms with Crippen LogP contribution < -0.4 is 0 Å². The van der Waals surface area contributed by atoms with Gasteiger partial charge in [-0.25, -0.2) is 0 Å². The summed E-state index contributed by atoms with van der Waals surface area (Å²) in [6.45, 7) is 2.06. The van der Waals surface area contributed by atoms with Crippen LogP contribution in [0, 0.1) is 0 Å². The average molecular weight is 302 g/mol. The normalized spacial score (nSPS) is 11.6. The maximum atomic E-state index is 11.6. The van der Waals surface area contributed by atoms with E-state index in [9.17, 15) is 4.79 Å². The number of Topliss-reactive ketones (excluding diaryl/α,β-unsaturated/α-hetero) is 1. The fourth-order valence-corrected chi connectivity index (χ4v) is 1.73. The van der Waals surface area contributed by atoms with Gasteiger partial charge >= 0.3 is 0 Å². The average Bonchev–Trinajstić information content (AvgIpc) is 2.29. The summed E-state index contributed by atoms with van der Waals surface area (Å²) < 4.78 is 1.01. The van der Waals surface area contributed by atoms with Crippen molar-refractivity contribution in [2.75, 3.05) is 0 Å². The Balaban J connectivity index is 2.68. The number of halogens is 2. The highest BCUT2D eigenvalue weighted by atomic mass is 79.9. The van der Waals surface area contributed by atoms with Gasteiger partial charge in [0.25, 0.3) is 0 Å². The molecule has 0 aliphatic rings. The third-order valence-electron chi connectivity index (χ3n) is 2.19. The van der Waals surface area contributed by atoms with Crippen LogP contribution in [0.4, 0.5) is 0 Å². The fraction of sp³-hybridized carbons (Fsp3) is 0.308. The van der Waals surface area contributed by atoms with Crippen LogP contribution in [0.25, 0.3) is 6.08 Å². The van der Waals surface area contributed by atoms with Gasteiger partial charge in [-0.2, -0.15) is 0 Å². The van der Waals surface area contributed by atoms with E-state index in [1.807, 2.05) is 24.3 Å². The standard InChI is InChI=1S/C13H14BrClO/c1-2-3-4-13(16)12(15)9-10-5-7-11(14)8-6-10/h5-9H,2-4H2,1H3/b12-9-. The molecule has 0 atom stereocenters. The summed E-state index contributed by atoms with van der Waals surface area (Å²) in [7, 11) is 0. The number of benzene rings is 1. The highest BCUT2D eigenvalue weighted by Crippen LogP contribution is 2.16. The van der Waals surface area contributed by atoms with E-state index < -0.39 is 0 Å². The molecule has 0 unspecified atom stereocenters. The lowest BCUT2D eigenvalue weighted by atomic mass is 10.1. The number of carbonyl (C=O) groups excluding carboxylic acids is 1. The van der Waals surface area contributed by atoms with Crippen LogP contribution in [0.1, 0.15) is 31.7 Å². The van der Waals surface area contributed by atoms with Crippen molar-refractivity contribution >= 4 is 39.4 Å². The Kier molecular flexibility index (Phi) is 5.78. The van der Waals surface area contributed by atoms with E-state index in [0.717, 1.165) is 22.9 Å². The van der Waals surface area contributed by atoms with Crippen LogP contribution in [0.15, 0.2) is 33.8 Å². The molecule has 0 aliphatic carbocycles. The van der Waals surface area contributed by atoms with Crippen LogP contribution in [-0.2, 0) is 4.79 Å². The summed E-state index contributed by atoms with van der Waals surface area (Å²) >= 11 is 9.30. The fourth-order valence-electron chi connectivity index (χ4n) is 1.24. The number of carbonyl (C=O) groups is 1. The molecular formula is C13H14BrClO. The summed E-state index contributed by atoms with van der Waals surface area (Å²) in [5.41, 5.74) is 0.943. The summed E-state index contributed by atoms with van der Waals surface area (Å²) in [5, 5.41) is 0.316. The molecule has 3 heteroatoms. The van der Waals surface area contributed by atoms with Crippen molar-refractivity contribution in [1.29, 1.82) is 0 Å². The van der Waals surface area contributed by atoms with E-state index in [0.29, 0.717) is 11.5 Å². The van der Waals surface area contributed by atoms with Crippen molar-refractivity contribution in [1.82, 2.24) is 0 Å². The van der Waals surface area contributed by atoms with Gasteiger partial charge in [0.05, 0.1) is 5.03 Å². The maximum absolute atomic E-state index is 11.6. The molecule has 1 aromatic carbocycles. The van der Waals surface area contributed by atoms with Gasteiger partial charge in [-0.05, 0) is 30.2 Å². The minimum atomic E-state index is 0.0198. The lowest BCUT2D eigenvalue weighted by Crippen LogP contribution is -1.96. The van der Waals surface area contributed by atoms with Crippen molar-refractivity contribution in [3.8, 4) is 0 Å². The Labute approximate surface area is 110 Å². The second-order valence-corrected chi connectivity index (χ2v) is 4.89. The molecule has 0 radical (unpaired) electrons. The number of hydrogen-bond acceptors (Lipinski definition) is 1. The second-order valence-electron chi connectivity index (χ2n) is 3.57. The van der Waals surface area contributed by atoms with Gasteiger partial charge in [-0.15, -0.1) is 0 Å². The predicted molar refractivity (Wildman–Crippen MR) is 72.5 cm³/mol. The van der Waals surface area contributed by atoms with Gasteiger partial charge in [0.2, 0.25) is 0 Å². The zero-order chi connectivity index (χ0) is 12.0. The van der Waals surface area contributed by atoms with E-state index in [1.54, 1.807) is 6.08 Å². The lowest BCUT2D eigenvalue weighted by Gasteiger charge is -1.99. The Bertz CT molecular complexity index is 381. The maximum Gasteiger partial charge on any atom is 0.174 e. The van der Waals surface area contributed by atoms with Gasteiger partial charge < -0.3 is 0 Å². The minimum Gasteiger partial charge on any atom is -0.293 e. The van der Waals surface area contributed by atoms with Crippen molar-refractivity contribution in [2.24, 2.45) is 0 Å². The first-order valence-corrected chi connectivity index (χ1v) is 6.46. The third-order valence-corrected chi connectivity index (χ3v) is 3.04. The van der Waals surface area contributed by atoms with E-state index in [4.69, 9.17) is 11.6 Å². The van der Waals surface area contributed by atoms with Crippen molar-refractivity contribution in [3.05, 3.63) is 39.3 Å². The number of rotatable bonds is 5. The summed E-state index contributed by atoms with van der Waals surface area (Å²) in [6, 6.07) is 7.68. The molecule has 0 N–H and O–H groups in total. The van der Waals surface area contributed by atoms with Gasteiger partial charge in [-0.3, -0.25) is 4.79 Å². The van der Waals surface area contributed by atoms with Gasteiger partial charge in [0.15, 0.2) is 5.78 Å². The molecule has 0 aliphatic heterocycles. The quantitative estimate of drug-likeness (QED) is 0.715. The van der Waals surface area contributed by atoms with Gasteiger partial charge in [0.1, 0.15) is 0 Å². The van der Waals surface area contributed by atoms with Crippen LogP contribution in [0.3, 0.4) is 0 Å². The summed E-state index contributed by atoms with van der Waals surface area (Å²) in [5.74, 6) is 0.0198. The molecule has 0 saturated carbocycles. The highest BCUT2D eigenvalue weighted by Gasteiger charge is 2.05. The third kappa shape index (κ3) is 4.50. The van der Waals surface area contributed by atoms with Gasteiger partial charge in [-0.1, -0.05) is 53.0 Å². The number of allylic oxidation sites excluding steroid dienone is 1. The molecule has 0 aromatic heterocycles. The molecule has 0 amide bonds. The second kappa shape index (κ2) is 6.87. The number of unbranched alkanes of at least 4 members (excludes halogenated alkanes) is 1. The molecule has 1 nitrogen and oxygen atoms in total. The Morgan fingerprint density at radius 1 is 1.38 bits per heavy atom. The summed E-state index contributed by atoms with van der Waals surface area (Å²) in [6.07, 6.45) is 4.14. The molecule has 16 heavy (non-hydrogen) atoms. The van der Waals surface area contributed by atoms with E-state index in [2.05, 4.69) is 22.9 Å². The number of hydrogen-bond donors (Lipinski definition) is 0. The molecule has 1 rings (SSSR count). The Morgan fingerprint density at radius 2 is 2.00 bits per heavy atom. The molecule has 0 spiro atoms. The zero-order valence-corrected chi connectivity index (χ0v) is 11.5. The SMILES string of the molecule is CCCCC(=O)/C(Cl)=C/c1ccc(Br)cc1. The highest BCUT2D eigenvalue weighted by molar-refractivity contribution is 9.10. The van der Waals surface area contributed by atoms with Crippen LogP contribution in [0.2, 0.25) is 0 Å². The predicted octanol–water partition coefficient (Wildman–Crippen LogP) is 4.79. The van der Waals surface area contributed by atoms with Crippen molar-refractivity contribution < 1.29 is 4.79 Å². The minimum absolute atomic E-state index is 0.0198. The van der Waals surface area contributed by atoms with Crippen molar-refractivity contribution in [3.63, 3.8) is 0 Å². The molecule has 0 heterocycles. The van der Waals surface area contributed by atoms with Crippen LogP contribution in [0.5, 0.6) is 0 Å². The Hall–Kier alpha value is -0.600.